The highest BCUT2D eigenvalue weighted by molar-refractivity contribution is 5.85. The van der Waals surface area contributed by atoms with Crippen LogP contribution >= 0.6 is 24.8 Å². The van der Waals surface area contributed by atoms with Gasteiger partial charge in [-0.1, -0.05) is 29.8 Å². The van der Waals surface area contributed by atoms with Crippen LogP contribution in [0.1, 0.15) is 17.5 Å². The Labute approximate surface area is 162 Å². The van der Waals surface area contributed by atoms with E-state index in [0.29, 0.717) is 0 Å². The van der Waals surface area contributed by atoms with Crippen LogP contribution in [-0.4, -0.2) is 67.7 Å². The zero-order valence-corrected chi connectivity index (χ0v) is 16.6. The highest BCUT2D eigenvalue weighted by Gasteiger charge is 2.33. The van der Waals surface area contributed by atoms with Gasteiger partial charge in [-0.3, -0.25) is 9.69 Å². The molecule has 25 heavy (non-hydrogen) atoms. The molecule has 2 heterocycles. The molecule has 2 aliphatic rings. The van der Waals surface area contributed by atoms with E-state index in [1.807, 2.05) is 4.90 Å². The number of halogens is 2. The first-order valence-electron chi connectivity index (χ1n) is 8.48. The summed E-state index contributed by atoms with van der Waals surface area (Å²) in [6, 6.07) is 8.59. The number of piperazine rings is 1. The summed E-state index contributed by atoms with van der Waals surface area (Å²) in [6.07, 6.45) is 0.963. The monoisotopic (exact) mass is 389 g/mol. The van der Waals surface area contributed by atoms with E-state index in [1.165, 1.54) is 11.1 Å². The fourth-order valence-electron chi connectivity index (χ4n) is 3.49. The smallest absolute Gasteiger partial charge is 0.239 e. The van der Waals surface area contributed by atoms with E-state index in [-0.39, 0.29) is 42.9 Å². The molecular formula is C18H29Cl2N3O2. The van der Waals surface area contributed by atoms with Gasteiger partial charge in [0, 0.05) is 46.4 Å². The van der Waals surface area contributed by atoms with Crippen molar-refractivity contribution in [3.05, 3.63) is 35.4 Å². The van der Waals surface area contributed by atoms with Crippen LogP contribution in [0, 0.1) is 6.92 Å². The molecule has 1 N–H and O–H groups in total. The molecule has 2 atom stereocenters. The van der Waals surface area contributed by atoms with Gasteiger partial charge in [-0.2, -0.15) is 0 Å². The Kier molecular flexibility index (Phi) is 9.17. The molecule has 0 aromatic heterocycles. The molecule has 0 unspecified atom stereocenters. The number of amides is 1. The standard InChI is InChI=1S/C18H27N3O2.2ClH/c1-14-4-3-5-15(10-14)13-20-6-8-21(9-7-20)18(22)17-11-16(23-2)12-19-17;;/h3-5,10,16-17,19H,6-9,11-13H2,1-2H3;2*1H/t16-,17-;;/m0../s1. The van der Waals surface area contributed by atoms with Crippen molar-refractivity contribution in [2.75, 3.05) is 39.8 Å². The molecule has 142 valence electrons. The average Bonchev–Trinajstić information content (AvgIpc) is 3.04. The minimum Gasteiger partial charge on any atom is -0.380 e. The lowest BCUT2D eigenvalue weighted by Crippen LogP contribution is -2.52. The second kappa shape index (κ2) is 10.3. The number of benzene rings is 1. The zero-order valence-electron chi connectivity index (χ0n) is 14.9. The molecule has 1 amide bonds. The summed E-state index contributed by atoms with van der Waals surface area (Å²) in [5.41, 5.74) is 2.65. The number of ether oxygens (including phenoxy) is 1. The van der Waals surface area contributed by atoms with Gasteiger partial charge in [-0.25, -0.2) is 0 Å². The van der Waals surface area contributed by atoms with Crippen LogP contribution in [0.25, 0.3) is 0 Å². The van der Waals surface area contributed by atoms with E-state index in [2.05, 4.69) is 41.4 Å². The largest absolute Gasteiger partial charge is 0.380 e. The first-order valence-corrected chi connectivity index (χ1v) is 8.48. The van der Waals surface area contributed by atoms with Crippen LogP contribution in [0.15, 0.2) is 24.3 Å². The van der Waals surface area contributed by atoms with Crippen molar-refractivity contribution in [2.45, 2.75) is 32.0 Å². The molecule has 3 rings (SSSR count). The quantitative estimate of drug-likeness (QED) is 0.853. The Bertz CT molecular complexity index is 551. The molecule has 7 heteroatoms. The highest BCUT2D eigenvalue weighted by Crippen LogP contribution is 2.15. The van der Waals surface area contributed by atoms with Crippen LogP contribution in [0.4, 0.5) is 0 Å². The van der Waals surface area contributed by atoms with Gasteiger partial charge in [0.15, 0.2) is 0 Å². The van der Waals surface area contributed by atoms with Gasteiger partial charge in [0.1, 0.15) is 0 Å². The lowest BCUT2D eigenvalue weighted by Gasteiger charge is -2.36. The summed E-state index contributed by atoms with van der Waals surface area (Å²) in [6.45, 7) is 7.40. The summed E-state index contributed by atoms with van der Waals surface area (Å²) in [5.74, 6) is 0.236. The Morgan fingerprint density at radius 3 is 2.56 bits per heavy atom. The highest BCUT2D eigenvalue weighted by atomic mass is 35.5. The van der Waals surface area contributed by atoms with Crippen molar-refractivity contribution in [1.82, 2.24) is 15.1 Å². The maximum Gasteiger partial charge on any atom is 0.239 e. The topological polar surface area (TPSA) is 44.8 Å². The molecule has 1 aromatic carbocycles. The van der Waals surface area contributed by atoms with E-state index in [0.717, 1.165) is 45.7 Å². The van der Waals surface area contributed by atoms with Crippen LogP contribution < -0.4 is 5.32 Å². The molecule has 5 nitrogen and oxygen atoms in total. The van der Waals surface area contributed by atoms with Gasteiger partial charge in [0.2, 0.25) is 5.91 Å². The van der Waals surface area contributed by atoms with Crippen molar-refractivity contribution in [3.63, 3.8) is 0 Å². The minimum atomic E-state index is -0.0664. The third-order valence-corrected chi connectivity index (χ3v) is 4.89. The maximum atomic E-state index is 12.6. The van der Waals surface area contributed by atoms with Gasteiger partial charge < -0.3 is 15.0 Å². The van der Waals surface area contributed by atoms with E-state index < -0.39 is 0 Å². The van der Waals surface area contributed by atoms with E-state index >= 15 is 0 Å². The molecule has 0 saturated carbocycles. The van der Waals surface area contributed by atoms with Crippen LogP contribution in [0.3, 0.4) is 0 Å². The third kappa shape index (κ3) is 5.83. The number of rotatable bonds is 4. The molecule has 2 aliphatic heterocycles. The number of methoxy groups -OCH3 is 1. The number of carbonyl (C=O) groups excluding carboxylic acids is 1. The van der Waals surface area contributed by atoms with Crippen molar-refractivity contribution in [2.24, 2.45) is 0 Å². The predicted molar refractivity (Wildman–Crippen MR) is 105 cm³/mol. The normalized spacial score (nSPS) is 23.7. The summed E-state index contributed by atoms with van der Waals surface area (Å²) < 4.78 is 5.33. The summed E-state index contributed by atoms with van der Waals surface area (Å²) in [5, 5.41) is 3.28. The number of aryl methyl sites for hydroxylation is 1. The second-order valence-electron chi connectivity index (χ2n) is 6.64. The van der Waals surface area contributed by atoms with E-state index in [1.54, 1.807) is 7.11 Å². The summed E-state index contributed by atoms with van der Waals surface area (Å²) in [7, 11) is 1.71. The lowest BCUT2D eigenvalue weighted by atomic mass is 10.1. The van der Waals surface area contributed by atoms with Crippen LogP contribution in [-0.2, 0) is 16.1 Å². The number of nitrogens with zero attached hydrogens (tertiary/aromatic N) is 2. The van der Waals surface area contributed by atoms with E-state index in [4.69, 9.17) is 4.74 Å². The van der Waals surface area contributed by atoms with Crippen molar-refractivity contribution >= 4 is 30.7 Å². The fourth-order valence-corrected chi connectivity index (χ4v) is 3.49. The number of carbonyl (C=O) groups is 1. The molecule has 0 radical (unpaired) electrons. The van der Waals surface area contributed by atoms with Gasteiger partial charge >= 0.3 is 0 Å². The summed E-state index contributed by atoms with van der Waals surface area (Å²) >= 11 is 0. The lowest BCUT2D eigenvalue weighted by molar-refractivity contribution is -0.135. The van der Waals surface area contributed by atoms with Crippen LogP contribution in [0.2, 0.25) is 0 Å². The van der Waals surface area contributed by atoms with E-state index in [9.17, 15) is 4.79 Å². The molecule has 1 aromatic rings. The molecule has 0 spiro atoms. The van der Waals surface area contributed by atoms with Gasteiger partial charge in [-0.15, -0.1) is 24.8 Å². The Morgan fingerprint density at radius 2 is 1.96 bits per heavy atom. The summed E-state index contributed by atoms with van der Waals surface area (Å²) in [4.78, 5) is 17.0. The van der Waals surface area contributed by atoms with Crippen molar-refractivity contribution in [3.8, 4) is 0 Å². The van der Waals surface area contributed by atoms with Crippen molar-refractivity contribution < 1.29 is 9.53 Å². The average molecular weight is 390 g/mol. The minimum absolute atomic E-state index is 0. The first-order chi connectivity index (χ1) is 11.2. The van der Waals surface area contributed by atoms with Gasteiger partial charge in [0.25, 0.3) is 0 Å². The van der Waals surface area contributed by atoms with Crippen molar-refractivity contribution in [1.29, 1.82) is 0 Å². The number of nitrogens with one attached hydrogen (secondary N) is 1. The first kappa shape index (κ1) is 22.2. The molecule has 2 fully saturated rings. The molecule has 0 aliphatic carbocycles. The third-order valence-electron chi connectivity index (χ3n) is 4.89. The number of hydrogen-bond acceptors (Lipinski definition) is 4. The SMILES string of the molecule is CO[C@@H]1CN[C@H](C(=O)N2CCN(Cc3cccc(C)c3)CC2)C1.Cl.Cl. The predicted octanol–water partition coefficient (Wildman–Crippen LogP) is 1.86. The number of hydrogen-bond donors (Lipinski definition) is 1. The molecular weight excluding hydrogens is 361 g/mol. The maximum absolute atomic E-state index is 12.6. The Balaban J connectivity index is 0.00000156. The molecule has 0 bridgehead atoms. The fraction of sp³-hybridized carbons (Fsp3) is 0.611. The zero-order chi connectivity index (χ0) is 16.2. The second-order valence-corrected chi connectivity index (χ2v) is 6.64. The van der Waals surface area contributed by atoms with Gasteiger partial charge in [0.05, 0.1) is 12.1 Å². The Hall–Kier alpha value is -0.850. The van der Waals surface area contributed by atoms with Crippen LogP contribution in [0.5, 0.6) is 0 Å². The molecule has 2 saturated heterocycles. The van der Waals surface area contributed by atoms with Gasteiger partial charge in [-0.05, 0) is 18.9 Å². The Morgan fingerprint density at radius 1 is 1.24 bits per heavy atom.